The van der Waals surface area contributed by atoms with E-state index < -0.39 is 0 Å². The molecule has 1 aromatic rings. The average Bonchev–Trinajstić information content (AvgIpc) is 2.25. The highest BCUT2D eigenvalue weighted by Gasteiger charge is 2.04. The lowest BCUT2D eigenvalue weighted by Crippen LogP contribution is -2.10. The van der Waals surface area contributed by atoms with Gasteiger partial charge in [-0.05, 0) is 25.1 Å². The molecule has 0 aliphatic heterocycles. The van der Waals surface area contributed by atoms with Crippen molar-refractivity contribution in [2.75, 3.05) is 19.8 Å². The number of rotatable bonds is 5. The molecule has 0 N–H and O–H groups in total. The fraction of sp³-hybridized carbons (Fsp3) is 0.364. The zero-order chi connectivity index (χ0) is 10.2. The van der Waals surface area contributed by atoms with Crippen LogP contribution in [0.3, 0.4) is 0 Å². The zero-order valence-corrected chi connectivity index (χ0v) is 8.16. The third-order valence-corrected chi connectivity index (χ3v) is 1.61. The van der Waals surface area contributed by atoms with Gasteiger partial charge >= 0.3 is 5.97 Å². The van der Waals surface area contributed by atoms with Crippen molar-refractivity contribution in [3.8, 4) is 0 Å². The molecule has 0 aliphatic rings. The van der Waals surface area contributed by atoms with E-state index in [0.29, 0.717) is 25.4 Å². The first-order chi connectivity index (χ1) is 6.84. The van der Waals surface area contributed by atoms with E-state index in [2.05, 4.69) is 6.07 Å². The Labute approximate surface area is 83.6 Å². The second-order valence-corrected chi connectivity index (χ2v) is 2.62. The summed E-state index contributed by atoms with van der Waals surface area (Å²) in [5, 5.41) is 0. The van der Waals surface area contributed by atoms with Crippen molar-refractivity contribution in [3.05, 3.63) is 35.9 Å². The molecular formula is C11H13O3. The number of carbonyl (C=O) groups excluding carboxylic acids is 1. The van der Waals surface area contributed by atoms with Crippen molar-refractivity contribution < 1.29 is 14.3 Å². The fourth-order valence-electron chi connectivity index (χ4n) is 0.941. The first-order valence-electron chi connectivity index (χ1n) is 4.55. The van der Waals surface area contributed by atoms with Gasteiger partial charge in [0.25, 0.3) is 0 Å². The Kier molecular flexibility index (Phi) is 4.72. The smallest absolute Gasteiger partial charge is 0.338 e. The molecule has 0 atom stereocenters. The number of hydrogen-bond acceptors (Lipinski definition) is 3. The van der Waals surface area contributed by atoms with Gasteiger partial charge in [-0.15, -0.1) is 0 Å². The molecule has 0 aromatic heterocycles. The minimum atomic E-state index is -0.332. The standard InChI is InChI=1S/C11H13O3/c1-2-13-8-9-14-11(12)10-6-4-3-5-7-10/h3-4,6-7H,2,8-9H2,1H3. The Morgan fingerprint density at radius 2 is 2.36 bits per heavy atom. The summed E-state index contributed by atoms with van der Waals surface area (Å²) in [5.41, 5.74) is 0.518. The lowest BCUT2D eigenvalue weighted by Gasteiger charge is -2.04. The average molecular weight is 193 g/mol. The van der Waals surface area contributed by atoms with Crippen LogP contribution in [0, 0.1) is 6.07 Å². The van der Waals surface area contributed by atoms with E-state index >= 15 is 0 Å². The topological polar surface area (TPSA) is 35.5 Å². The van der Waals surface area contributed by atoms with Crippen molar-refractivity contribution >= 4 is 5.97 Å². The largest absolute Gasteiger partial charge is 0.460 e. The number of esters is 1. The molecule has 0 unspecified atom stereocenters. The maximum absolute atomic E-state index is 11.3. The third kappa shape index (κ3) is 3.58. The van der Waals surface area contributed by atoms with Crippen LogP contribution >= 0.6 is 0 Å². The van der Waals surface area contributed by atoms with Crippen molar-refractivity contribution in [3.63, 3.8) is 0 Å². The van der Waals surface area contributed by atoms with Gasteiger partial charge in [-0.1, -0.05) is 12.1 Å². The number of carbonyl (C=O) groups is 1. The molecule has 1 radical (unpaired) electrons. The van der Waals surface area contributed by atoms with Crippen LogP contribution < -0.4 is 0 Å². The lowest BCUT2D eigenvalue weighted by molar-refractivity contribution is 0.0335. The third-order valence-electron chi connectivity index (χ3n) is 1.61. The molecule has 0 saturated carbocycles. The Hall–Kier alpha value is -1.35. The van der Waals surface area contributed by atoms with E-state index in [4.69, 9.17) is 9.47 Å². The molecular weight excluding hydrogens is 180 g/mol. The van der Waals surface area contributed by atoms with E-state index in [1.807, 2.05) is 6.92 Å². The Balaban J connectivity index is 2.29. The normalized spacial score (nSPS) is 9.79. The molecule has 3 heteroatoms. The molecule has 0 heterocycles. The van der Waals surface area contributed by atoms with Crippen molar-refractivity contribution in [1.82, 2.24) is 0 Å². The summed E-state index contributed by atoms with van der Waals surface area (Å²) in [6.07, 6.45) is 0. The Morgan fingerprint density at radius 3 is 3.00 bits per heavy atom. The predicted octanol–water partition coefficient (Wildman–Crippen LogP) is 1.68. The zero-order valence-electron chi connectivity index (χ0n) is 8.16. The van der Waals surface area contributed by atoms with Crippen LogP contribution in [-0.2, 0) is 9.47 Å². The summed E-state index contributed by atoms with van der Waals surface area (Å²) < 4.78 is 9.98. The van der Waals surface area contributed by atoms with Crippen LogP contribution in [-0.4, -0.2) is 25.8 Å². The predicted molar refractivity (Wildman–Crippen MR) is 52.1 cm³/mol. The molecule has 75 valence electrons. The van der Waals surface area contributed by atoms with E-state index in [1.54, 1.807) is 24.3 Å². The summed E-state index contributed by atoms with van der Waals surface area (Å²) in [5.74, 6) is -0.332. The van der Waals surface area contributed by atoms with Crippen LogP contribution in [0.15, 0.2) is 24.3 Å². The molecule has 3 nitrogen and oxygen atoms in total. The van der Waals surface area contributed by atoms with Crippen molar-refractivity contribution in [2.45, 2.75) is 6.92 Å². The quantitative estimate of drug-likeness (QED) is 0.527. The van der Waals surface area contributed by atoms with Crippen molar-refractivity contribution in [1.29, 1.82) is 0 Å². The maximum atomic E-state index is 11.3. The van der Waals surface area contributed by atoms with Gasteiger partial charge in [0, 0.05) is 6.61 Å². The monoisotopic (exact) mass is 193 g/mol. The Bertz CT molecular complexity index is 269. The summed E-state index contributed by atoms with van der Waals surface area (Å²) in [4.78, 5) is 11.3. The van der Waals surface area contributed by atoms with E-state index in [9.17, 15) is 4.79 Å². The molecule has 0 bridgehead atoms. The number of hydrogen-bond donors (Lipinski definition) is 0. The summed E-state index contributed by atoms with van der Waals surface area (Å²) in [6, 6.07) is 9.59. The van der Waals surface area contributed by atoms with Crippen molar-refractivity contribution in [2.24, 2.45) is 0 Å². The number of benzene rings is 1. The second-order valence-electron chi connectivity index (χ2n) is 2.62. The van der Waals surface area contributed by atoms with E-state index in [-0.39, 0.29) is 5.97 Å². The maximum Gasteiger partial charge on any atom is 0.338 e. The van der Waals surface area contributed by atoms with Crippen LogP contribution in [0.5, 0.6) is 0 Å². The van der Waals surface area contributed by atoms with E-state index in [1.165, 1.54) is 0 Å². The molecule has 14 heavy (non-hydrogen) atoms. The fourth-order valence-corrected chi connectivity index (χ4v) is 0.941. The molecule has 0 aliphatic carbocycles. The van der Waals surface area contributed by atoms with Gasteiger partial charge in [-0.3, -0.25) is 0 Å². The minimum Gasteiger partial charge on any atom is -0.460 e. The van der Waals surface area contributed by atoms with Crippen LogP contribution in [0.1, 0.15) is 17.3 Å². The SMILES string of the molecule is CCOCCOC(=O)c1c[c]ccc1. The first kappa shape index (κ1) is 10.7. The van der Waals surface area contributed by atoms with Gasteiger partial charge in [0.2, 0.25) is 0 Å². The van der Waals surface area contributed by atoms with Gasteiger partial charge in [0.05, 0.1) is 12.2 Å². The first-order valence-corrected chi connectivity index (χ1v) is 4.55. The van der Waals surface area contributed by atoms with Gasteiger partial charge in [0.1, 0.15) is 6.61 Å². The molecule has 0 spiro atoms. The second kappa shape index (κ2) is 6.16. The molecule has 0 fully saturated rings. The van der Waals surface area contributed by atoms with Gasteiger partial charge in [-0.25, -0.2) is 4.79 Å². The van der Waals surface area contributed by atoms with Gasteiger partial charge < -0.3 is 9.47 Å². The van der Waals surface area contributed by atoms with Crippen LogP contribution in [0.2, 0.25) is 0 Å². The highest BCUT2D eigenvalue weighted by Crippen LogP contribution is 1.99. The number of ether oxygens (including phenoxy) is 2. The lowest BCUT2D eigenvalue weighted by atomic mass is 10.2. The van der Waals surface area contributed by atoms with E-state index in [0.717, 1.165) is 0 Å². The Morgan fingerprint density at radius 1 is 1.50 bits per heavy atom. The minimum absolute atomic E-state index is 0.293. The summed E-state index contributed by atoms with van der Waals surface area (Å²) in [7, 11) is 0. The van der Waals surface area contributed by atoms with Crippen LogP contribution in [0.4, 0.5) is 0 Å². The molecule has 1 rings (SSSR count). The van der Waals surface area contributed by atoms with Crippen LogP contribution in [0.25, 0.3) is 0 Å². The molecule has 1 aromatic carbocycles. The summed E-state index contributed by atoms with van der Waals surface area (Å²) in [6.45, 7) is 3.27. The van der Waals surface area contributed by atoms with Gasteiger partial charge in [0.15, 0.2) is 0 Å². The molecule has 0 saturated heterocycles. The highest BCUT2D eigenvalue weighted by atomic mass is 16.6. The van der Waals surface area contributed by atoms with Gasteiger partial charge in [-0.2, -0.15) is 0 Å². The molecule has 0 amide bonds. The highest BCUT2D eigenvalue weighted by molar-refractivity contribution is 5.89. The summed E-state index contributed by atoms with van der Waals surface area (Å²) >= 11 is 0.